The quantitative estimate of drug-likeness (QED) is 0.635. The van der Waals surface area contributed by atoms with Crippen LogP contribution in [0.5, 0.6) is 0 Å². The van der Waals surface area contributed by atoms with Crippen LogP contribution < -0.4 is 0 Å². The summed E-state index contributed by atoms with van der Waals surface area (Å²) in [7, 11) is -3.68. The molecule has 0 aliphatic rings. The zero-order valence-corrected chi connectivity index (χ0v) is 10.0. The van der Waals surface area contributed by atoms with Crippen LogP contribution in [0.15, 0.2) is 16.6 Å². The summed E-state index contributed by atoms with van der Waals surface area (Å²) in [6.45, 7) is -0.539. The van der Waals surface area contributed by atoms with Crippen molar-refractivity contribution in [3.05, 3.63) is 33.8 Å². The van der Waals surface area contributed by atoms with Crippen molar-refractivity contribution in [3.63, 3.8) is 0 Å². The van der Waals surface area contributed by atoms with Gasteiger partial charge in [-0.3, -0.25) is 4.18 Å². The monoisotopic (exact) mass is 300 g/mol. The van der Waals surface area contributed by atoms with E-state index in [-0.39, 0.29) is 10.0 Å². The Morgan fingerprint density at radius 1 is 1.40 bits per heavy atom. The minimum absolute atomic E-state index is 0.166. The second kappa shape index (κ2) is 4.54. The Labute approximate surface area is 94.3 Å². The number of hydrogen-bond acceptors (Lipinski definition) is 3. The first kappa shape index (κ1) is 12.5. The third kappa shape index (κ3) is 3.51. The van der Waals surface area contributed by atoms with Crippen LogP contribution in [0.25, 0.3) is 0 Å². The van der Waals surface area contributed by atoms with E-state index in [2.05, 4.69) is 20.1 Å². The Kier molecular flexibility index (Phi) is 3.80. The van der Waals surface area contributed by atoms with E-state index in [1.807, 2.05) is 0 Å². The minimum atomic E-state index is -3.68. The molecular formula is C8H7BrF2O3S. The van der Waals surface area contributed by atoms with E-state index in [1.54, 1.807) is 0 Å². The van der Waals surface area contributed by atoms with Crippen molar-refractivity contribution in [3.8, 4) is 0 Å². The van der Waals surface area contributed by atoms with Gasteiger partial charge in [0.2, 0.25) is 0 Å². The van der Waals surface area contributed by atoms with Crippen molar-refractivity contribution in [2.24, 2.45) is 0 Å². The van der Waals surface area contributed by atoms with Crippen LogP contribution in [0.1, 0.15) is 5.56 Å². The molecule has 0 N–H and O–H groups in total. The van der Waals surface area contributed by atoms with Crippen LogP contribution in [0.4, 0.5) is 8.78 Å². The van der Waals surface area contributed by atoms with Crippen molar-refractivity contribution >= 4 is 26.0 Å². The van der Waals surface area contributed by atoms with Crippen LogP contribution in [0, 0.1) is 11.6 Å². The maximum atomic E-state index is 13.2. The zero-order valence-electron chi connectivity index (χ0n) is 7.63. The summed E-state index contributed by atoms with van der Waals surface area (Å²) in [6, 6.07) is 2.21. The number of benzene rings is 1. The van der Waals surface area contributed by atoms with Gasteiger partial charge in [-0.25, -0.2) is 8.78 Å². The lowest BCUT2D eigenvalue weighted by molar-refractivity contribution is 0.302. The fourth-order valence-corrected chi connectivity index (χ4v) is 1.62. The van der Waals surface area contributed by atoms with Crippen LogP contribution in [-0.4, -0.2) is 14.7 Å². The minimum Gasteiger partial charge on any atom is -0.265 e. The van der Waals surface area contributed by atoms with E-state index >= 15 is 0 Å². The Hall–Kier alpha value is -0.530. The van der Waals surface area contributed by atoms with E-state index in [9.17, 15) is 17.2 Å². The molecule has 0 spiro atoms. The Balaban J connectivity index is 2.99. The van der Waals surface area contributed by atoms with Crippen LogP contribution in [-0.2, 0) is 20.9 Å². The highest BCUT2D eigenvalue weighted by atomic mass is 79.9. The second-order valence-electron chi connectivity index (χ2n) is 2.79. The van der Waals surface area contributed by atoms with Crippen molar-refractivity contribution < 1.29 is 21.4 Å². The lowest BCUT2D eigenvalue weighted by Gasteiger charge is -2.06. The lowest BCUT2D eigenvalue weighted by Crippen LogP contribution is -2.05. The standard InChI is InChI=1S/C8H7BrF2O3S/c1-15(12,13)14-4-5-6(9)2-3-7(10)8(5)11/h2-3H,4H2,1H3. The molecule has 0 saturated carbocycles. The van der Waals surface area contributed by atoms with Crippen LogP contribution in [0.2, 0.25) is 0 Å². The highest BCUT2D eigenvalue weighted by Crippen LogP contribution is 2.23. The highest BCUT2D eigenvalue weighted by Gasteiger charge is 2.14. The summed E-state index contributed by atoms with van der Waals surface area (Å²) in [6.07, 6.45) is 0.831. The molecule has 84 valence electrons. The third-order valence-electron chi connectivity index (χ3n) is 1.56. The Morgan fingerprint density at radius 3 is 2.53 bits per heavy atom. The SMILES string of the molecule is CS(=O)(=O)OCc1c(Br)ccc(F)c1F. The summed E-state index contributed by atoms with van der Waals surface area (Å²) >= 11 is 2.97. The molecule has 1 rings (SSSR count). The molecular weight excluding hydrogens is 294 g/mol. The van der Waals surface area contributed by atoms with Crippen molar-refractivity contribution in [2.75, 3.05) is 6.26 Å². The molecule has 0 bridgehead atoms. The van der Waals surface area contributed by atoms with Gasteiger partial charge in [-0.2, -0.15) is 8.42 Å². The summed E-state index contributed by atoms with van der Waals surface area (Å²) in [5.74, 6) is -2.17. The van der Waals surface area contributed by atoms with Gasteiger partial charge in [-0.15, -0.1) is 0 Å². The average Bonchev–Trinajstić information content (AvgIpc) is 2.10. The highest BCUT2D eigenvalue weighted by molar-refractivity contribution is 9.10. The molecule has 0 aliphatic heterocycles. The Morgan fingerprint density at radius 2 is 2.00 bits per heavy atom. The lowest BCUT2D eigenvalue weighted by atomic mass is 10.2. The first-order chi connectivity index (χ1) is 6.81. The molecule has 0 unspecified atom stereocenters. The topological polar surface area (TPSA) is 43.4 Å². The zero-order chi connectivity index (χ0) is 11.6. The van der Waals surface area contributed by atoms with Gasteiger partial charge in [0.15, 0.2) is 11.6 Å². The maximum Gasteiger partial charge on any atom is 0.264 e. The van der Waals surface area contributed by atoms with Gasteiger partial charge in [-0.1, -0.05) is 15.9 Å². The van der Waals surface area contributed by atoms with Gasteiger partial charge < -0.3 is 0 Å². The summed E-state index contributed by atoms with van der Waals surface area (Å²) < 4.78 is 51.9. The van der Waals surface area contributed by atoms with Crippen molar-refractivity contribution in [1.29, 1.82) is 0 Å². The van der Waals surface area contributed by atoms with Gasteiger partial charge in [0.25, 0.3) is 10.1 Å². The van der Waals surface area contributed by atoms with Crippen molar-refractivity contribution in [2.45, 2.75) is 6.61 Å². The van der Waals surface area contributed by atoms with E-state index in [4.69, 9.17) is 0 Å². The fraction of sp³-hybridized carbons (Fsp3) is 0.250. The van der Waals surface area contributed by atoms with Gasteiger partial charge in [0.1, 0.15) is 0 Å². The molecule has 3 nitrogen and oxygen atoms in total. The average molecular weight is 301 g/mol. The predicted molar refractivity (Wildman–Crippen MR) is 53.7 cm³/mol. The van der Waals surface area contributed by atoms with Gasteiger partial charge in [-0.05, 0) is 12.1 Å². The summed E-state index contributed by atoms with van der Waals surface area (Å²) in [5, 5.41) is 0. The molecule has 7 heteroatoms. The number of halogens is 3. The van der Waals surface area contributed by atoms with E-state index in [1.165, 1.54) is 6.07 Å². The van der Waals surface area contributed by atoms with Gasteiger partial charge >= 0.3 is 0 Å². The predicted octanol–water partition coefficient (Wildman–Crippen LogP) is 2.20. The van der Waals surface area contributed by atoms with Gasteiger partial charge in [0.05, 0.1) is 12.9 Å². The molecule has 0 radical (unpaired) electrons. The molecule has 15 heavy (non-hydrogen) atoms. The van der Waals surface area contributed by atoms with E-state index in [0.717, 1.165) is 12.3 Å². The van der Waals surface area contributed by atoms with E-state index in [0.29, 0.717) is 0 Å². The second-order valence-corrected chi connectivity index (χ2v) is 5.29. The molecule has 1 aromatic rings. The molecule has 0 atom stereocenters. The maximum absolute atomic E-state index is 13.2. The normalized spacial score (nSPS) is 11.7. The first-order valence-electron chi connectivity index (χ1n) is 3.78. The largest absolute Gasteiger partial charge is 0.265 e. The third-order valence-corrected chi connectivity index (χ3v) is 2.85. The first-order valence-corrected chi connectivity index (χ1v) is 6.39. The van der Waals surface area contributed by atoms with E-state index < -0.39 is 28.4 Å². The summed E-state index contributed by atoms with van der Waals surface area (Å²) in [4.78, 5) is 0. The molecule has 0 aromatic heterocycles. The molecule has 0 saturated heterocycles. The number of hydrogen-bond donors (Lipinski definition) is 0. The van der Waals surface area contributed by atoms with Crippen molar-refractivity contribution in [1.82, 2.24) is 0 Å². The van der Waals surface area contributed by atoms with Crippen LogP contribution in [0.3, 0.4) is 0 Å². The molecule has 0 heterocycles. The molecule has 0 amide bonds. The summed E-state index contributed by atoms with van der Waals surface area (Å²) in [5.41, 5.74) is -0.166. The Bertz CT molecular complexity index is 473. The number of rotatable bonds is 3. The van der Waals surface area contributed by atoms with Gasteiger partial charge in [0, 0.05) is 10.0 Å². The molecule has 0 fully saturated rings. The van der Waals surface area contributed by atoms with Crippen LogP contribution >= 0.6 is 15.9 Å². The molecule has 0 aliphatic carbocycles. The fourth-order valence-electron chi connectivity index (χ4n) is 0.867. The molecule has 1 aromatic carbocycles. The smallest absolute Gasteiger partial charge is 0.264 e.